The lowest BCUT2D eigenvalue weighted by Gasteiger charge is -2.06. The SMILES string of the molecule is C1PC2[Si]C12. The van der Waals surface area contributed by atoms with Crippen LogP contribution in [0, 0.1) is 0 Å². The van der Waals surface area contributed by atoms with E-state index in [9.17, 15) is 0 Å². The summed E-state index contributed by atoms with van der Waals surface area (Å²) in [6.45, 7) is 0. The van der Waals surface area contributed by atoms with Crippen LogP contribution in [0.15, 0.2) is 0 Å². The summed E-state index contributed by atoms with van der Waals surface area (Å²) in [5.74, 6) is 0. The average Bonchev–Trinajstić information content (AvgIpc) is 1.74. The second kappa shape index (κ2) is 0.664. The molecule has 0 saturated carbocycles. The van der Waals surface area contributed by atoms with Gasteiger partial charge in [-0.1, -0.05) is 0 Å². The molecule has 0 aliphatic carbocycles. The molecular weight excluding hydrogens is 95.1 g/mol. The Kier molecular flexibility index (Phi) is 0.367. The molecule has 5 heavy (non-hydrogen) atoms. The largest absolute Gasteiger partial charge is 0.122 e. The van der Waals surface area contributed by atoms with Crippen LogP contribution in [0.3, 0.4) is 0 Å². The van der Waals surface area contributed by atoms with Gasteiger partial charge in [0.2, 0.25) is 0 Å². The van der Waals surface area contributed by atoms with Crippen molar-refractivity contribution >= 4 is 18.1 Å². The van der Waals surface area contributed by atoms with E-state index in [1.807, 2.05) is 0 Å². The molecule has 0 aromatic rings. The van der Waals surface area contributed by atoms with Gasteiger partial charge < -0.3 is 0 Å². The first kappa shape index (κ1) is 2.76. The van der Waals surface area contributed by atoms with E-state index in [0.29, 0.717) is 0 Å². The third-order valence-corrected chi connectivity index (χ3v) is 5.96. The zero-order chi connectivity index (χ0) is 3.28. The maximum absolute atomic E-state index is 1.60. The summed E-state index contributed by atoms with van der Waals surface area (Å²) >= 11 is 0. The summed E-state index contributed by atoms with van der Waals surface area (Å²) in [5, 5.41) is 1.29. The van der Waals surface area contributed by atoms with Gasteiger partial charge in [0.1, 0.15) is 0 Å². The second-order valence-corrected chi connectivity index (χ2v) is 5.37. The Bertz CT molecular complexity index is 51.9. The first-order valence-electron chi connectivity index (χ1n) is 1.96. The van der Waals surface area contributed by atoms with Gasteiger partial charge in [0.15, 0.2) is 0 Å². The Labute approximate surface area is 35.9 Å². The Morgan fingerprint density at radius 2 is 2.60 bits per heavy atom. The summed E-state index contributed by atoms with van der Waals surface area (Å²) in [6, 6.07) is 0. The highest BCUT2D eigenvalue weighted by Crippen LogP contribution is 2.56. The number of hydrogen-bond acceptors (Lipinski definition) is 0. The molecule has 2 heteroatoms. The molecule has 2 fully saturated rings. The molecular formula is C3H5PSi. The van der Waals surface area contributed by atoms with Crippen molar-refractivity contribution in [3.63, 3.8) is 0 Å². The van der Waals surface area contributed by atoms with Crippen molar-refractivity contribution in [1.29, 1.82) is 0 Å². The van der Waals surface area contributed by atoms with Gasteiger partial charge >= 0.3 is 0 Å². The topological polar surface area (TPSA) is 0 Å². The van der Waals surface area contributed by atoms with E-state index in [1.165, 1.54) is 28.9 Å². The Morgan fingerprint density at radius 3 is 2.60 bits per heavy atom. The lowest BCUT2D eigenvalue weighted by atomic mass is 10.5. The molecule has 0 N–H and O–H groups in total. The molecule has 0 bridgehead atoms. The zero-order valence-electron chi connectivity index (χ0n) is 2.86. The van der Waals surface area contributed by atoms with Crippen LogP contribution in [0.1, 0.15) is 0 Å². The highest BCUT2D eigenvalue weighted by Gasteiger charge is 2.45. The minimum absolute atomic E-state index is 1.27. The normalized spacial score (nSPS) is 62.4. The molecule has 2 rings (SSSR count). The van der Waals surface area contributed by atoms with E-state index < -0.39 is 0 Å². The smallest absolute Gasteiger partial charge is 0.0510 e. The van der Waals surface area contributed by atoms with Crippen LogP contribution in [-0.2, 0) is 0 Å². The molecule has 26 valence electrons. The Balaban J connectivity index is 2.19. The minimum atomic E-state index is 1.27. The van der Waals surface area contributed by atoms with E-state index in [2.05, 4.69) is 0 Å². The average molecular weight is 100 g/mol. The summed E-state index contributed by atoms with van der Waals surface area (Å²) in [6.07, 6.45) is 1.60. The van der Waals surface area contributed by atoms with Crippen LogP contribution in [0.25, 0.3) is 0 Å². The van der Waals surface area contributed by atoms with Crippen molar-refractivity contribution in [2.24, 2.45) is 0 Å². The predicted molar refractivity (Wildman–Crippen MR) is 26.5 cm³/mol. The van der Waals surface area contributed by atoms with E-state index in [0.717, 1.165) is 0 Å². The highest BCUT2D eigenvalue weighted by atomic mass is 31.1. The van der Waals surface area contributed by atoms with Gasteiger partial charge in [-0.3, -0.25) is 0 Å². The van der Waals surface area contributed by atoms with Crippen molar-refractivity contribution in [3.8, 4) is 0 Å². The van der Waals surface area contributed by atoms with Crippen molar-refractivity contribution in [3.05, 3.63) is 0 Å². The third kappa shape index (κ3) is 0.240. The van der Waals surface area contributed by atoms with Crippen LogP contribution in [0.5, 0.6) is 0 Å². The van der Waals surface area contributed by atoms with E-state index in [-0.39, 0.29) is 0 Å². The fraction of sp³-hybridized carbons (Fsp3) is 1.00. The summed E-state index contributed by atoms with van der Waals surface area (Å²) in [7, 11) is 2.79. The molecule has 2 radical (unpaired) electrons. The fourth-order valence-electron chi connectivity index (χ4n) is 0.646. The van der Waals surface area contributed by atoms with Gasteiger partial charge in [-0.05, 0) is 17.0 Å². The van der Waals surface area contributed by atoms with Gasteiger partial charge in [-0.25, -0.2) is 0 Å². The van der Waals surface area contributed by atoms with Crippen LogP contribution >= 0.6 is 8.58 Å². The zero-order valence-corrected chi connectivity index (χ0v) is 4.86. The first-order valence-corrected chi connectivity index (χ1v) is 4.40. The van der Waals surface area contributed by atoms with E-state index >= 15 is 0 Å². The van der Waals surface area contributed by atoms with Gasteiger partial charge in [0, 0.05) is 0 Å². The Morgan fingerprint density at radius 1 is 1.80 bits per heavy atom. The molecule has 0 nitrogen and oxygen atoms in total. The monoisotopic (exact) mass is 100.0 g/mol. The summed E-state index contributed by atoms with van der Waals surface area (Å²) < 4.78 is 0. The molecule has 3 atom stereocenters. The minimum Gasteiger partial charge on any atom is -0.122 e. The molecule has 0 aromatic heterocycles. The lowest BCUT2D eigenvalue weighted by Crippen LogP contribution is -1.88. The quantitative estimate of drug-likeness (QED) is 0.307. The van der Waals surface area contributed by atoms with Gasteiger partial charge in [-0.15, -0.1) is 8.58 Å². The highest BCUT2D eigenvalue weighted by molar-refractivity contribution is 7.48. The molecule has 0 spiro atoms. The van der Waals surface area contributed by atoms with Crippen molar-refractivity contribution < 1.29 is 0 Å². The van der Waals surface area contributed by atoms with Gasteiger partial charge in [0.25, 0.3) is 0 Å². The summed E-state index contributed by atoms with van der Waals surface area (Å²) in [5.41, 5.74) is 1.27. The molecule has 2 aliphatic heterocycles. The van der Waals surface area contributed by atoms with Gasteiger partial charge in [0.05, 0.1) is 9.52 Å². The lowest BCUT2D eigenvalue weighted by molar-refractivity contribution is 1.12. The van der Waals surface area contributed by atoms with E-state index in [4.69, 9.17) is 0 Å². The second-order valence-electron chi connectivity index (χ2n) is 1.66. The molecule has 0 aromatic carbocycles. The third-order valence-electron chi connectivity index (χ3n) is 1.24. The molecule has 2 saturated heterocycles. The molecule has 0 amide bonds. The number of fused-ring (bicyclic) bond motifs is 1. The first-order chi connectivity index (χ1) is 2.47. The van der Waals surface area contributed by atoms with E-state index in [1.54, 1.807) is 6.16 Å². The molecule has 3 unspecified atom stereocenters. The van der Waals surface area contributed by atoms with Crippen molar-refractivity contribution in [2.45, 2.75) is 10.8 Å². The standard InChI is InChI=1S/C3H5PSi/c1-2-3(4-1)5-2/h2-4H,1H2. The molecule has 2 aliphatic rings. The van der Waals surface area contributed by atoms with Crippen molar-refractivity contribution in [1.82, 2.24) is 0 Å². The van der Waals surface area contributed by atoms with Crippen LogP contribution < -0.4 is 0 Å². The van der Waals surface area contributed by atoms with Crippen molar-refractivity contribution in [2.75, 3.05) is 6.16 Å². The Hall–Kier alpha value is 0.647. The fourth-order valence-corrected chi connectivity index (χ4v) is 4.70. The molecule has 2 heterocycles. The maximum atomic E-state index is 1.60. The number of hydrogen-bond donors (Lipinski definition) is 0. The van der Waals surface area contributed by atoms with Crippen LogP contribution in [0.4, 0.5) is 0 Å². The van der Waals surface area contributed by atoms with Crippen LogP contribution in [0.2, 0.25) is 5.54 Å². The number of rotatable bonds is 0. The predicted octanol–water partition coefficient (Wildman–Crippen LogP) is 0.511. The summed E-state index contributed by atoms with van der Waals surface area (Å²) in [4.78, 5) is 0. The van der Waals surface area contributed by atoms with Gasteiger partial charge in [-0.2, -0.15) is 0 Å². The maximum Gasteiger partial charge on any atom is 0.0510 e. The van der Waals surface area contributed by atoms with Crippen LogP contribution in [-0.4, -0.2) is 21.0 Å².